The maximum Gasteiger partial charge on any atom is 0.283 e. The zero-order valence-corrected chi connectivity index (χ0v) is 22.9. The van der Waals surface area contributed by atoms with Crippen LogP contribution in [0, 0.1) is 17.6 Å². The van der Waals surface area contributed by atoms with E-state index in [0.717, 1.165) is 62.8 Å². The molecular formula is C32H44F4O. The first-order chi connectivity index (χ1) is 17.8. The normalized spacial score (nSPS) is 17.4. The monoisotopic (exact) mass is 520 g/mol. The zero-order chi connectivity index (χ0) is 26.8. The van der Waals surface area contributed by atoms with Crippen LogP contribution in [0.2, 0.25) is 0 Å². The van der Waals surface area contributed by atoms with Gasteiger partial charge in [0.1, 0.15) is 0 Å². The second-order valence-electron chi connectivity index (χ2n) is 10.9. The molecule has 0 fully saturated rings. The van der Waals surface area contributed by atoms with Gasteiger partial charge in [0.25, 0.3) is 5.92 Å². The maximum atomic E-state index is 15.6. The highest BCUT2D eigenvalue weighted by molar-refractivity contribution is 5.45. The maximum absolute atomic E-state index is 15.6. The molecule has 5 heteroatoms. The van der Waals surface area contributed by atoms with E-state index in [9.17, 15) is 4.39 Å². The third-order valence-corrected chi connectivity index (χ3v) is 7.98. The van der Waals surface area contributed by atoms with Gasteiger partial charge in [0.05, 0.1) is 18.1 Å². The van der Waals surface area contributed by atoms with Gasteiger partial charge < -0.3 is 4.74 Å². The van der Waals surface area contributed by atoms with Gasteiger partial charge in [-0.15, -0.1) is 0 Å². The van der Waals surface area contributed by atoms with Crippen molar-refractivity contribution in [3.05, 3.63) is 64.2 Å². The number of alkyl halides is 2. The van der Waals surface area contributed by atoms with Crippen molar-refractivity contribution in [2.75, 3.05) is 6.61 Å². The lowest BCUT2D eigenvalue weighted by molar-refractivity contribution is -0.0474. The molecule has 0 aromatic heterocycles. The van der Waals surface area contributed by atoms with E-state index in [2.05, 4.69) is 20.8 Å². The summed E-state index contributed by atoms with van der Waals surface area (Å²) in [5, 5.41) is 0. The van der Waals surface area contributed by atoms with Crippen molar-refractivity contribution >= 4 is 0 Å². The molecule has 1 aliphatic rings. The Morgan fingerprint density at radius 1 is 0.919 bits per heavy atom. The van der Waals surface area contributed by atoms with Crippen molar-refractivity contribution in [2.24, 2.45) is 5.92 Å². The standard InChI is InChI=1S/C32H44F4O/c1-4-6-7-8-9-12-21-37-28-22-26-19-20-27(32(35,36)29(26)31(34)30(28)33)25-17-15-24(16-18-25)14-11-10-13-23(3)5-2/h15-18,22-23,27H,4-14,19-21H2,1-3H3. The fraction of sp³-hybridized carbons (Fsp3) is 0.625. The van der Waals surface area contributed by atoms with Gasteiger partial charge in [-0.2, -0.15) is 4.39 Å². The minimum absolute atomic E-state index is 0.149. The van der Waals surface area contributed by atoms with E-state index in [4.69, 9.17) is 4.74 Å². The molecule has 0 N–H and O–H groups in total. The van der Waals surface area contributed by atoms with Gasteiger partial charge in [-0.25, -0.2) is 13.2 Å². The van der Waals surface area contributed by atoms with Crippen LogP contribution in [0.25, 0.3) is 0 Å². The van der Waals surface area contributed by atoms with Crippen LogP contribution in [0.3, 0.4) is 0 Å². The summed E-state index contributed by atoms with van der Waals surface area (Å²) in [6.07, 6.45) is 12.2. The van der Waals surface area contributed by atoms with Gasteiger partial charge in [-0.1, -0.05) is 96.4 Å². The summed E-state index contributed by atoms with van der Waals surface area (Å²) < 4.78 is 66.5. The van der Waals surface area contributed by atoms with Crippen molar-refractivity contribution in [2.45, 2.75) is 116 Å². The van der Waals surface area contributed by atoms with E-state index in [1.165, 1.54) is 25.3 Å². The van der Waals surface area contributed by atoms with Gasteiger partial charge in [-0.05, 0) is 60.8 Å². The predicted octanol–water partition coefficient (Wildman–Crippen LogP) is 10.3. The van der Waals surface area contributed by atoms with Gasteiger partial charge in [-0.3, -0.25) is 0 Å². The van der Waals surface area contributed by atoms with E-state index in [-0.39, 0.29) is 30.8 Å². The summed E-state index contributed by atoms with van der Waals surface area (Å²) in [7, 11) is 0. The van der Waals surface area contributed by atoms with Gasteiger partial charge >= 0.3 is 0 Å². The number of hydrogen-bond acceptors (Lipinski definition) is 1. The Morgan fingerprint density at radius 3 is 2.32 bits per heavy atom. The minimum Gasteiger partial charge on any atom is -0.490 e. The number of hydrogen-bond donors (Lipinski definition) is 0. The molecule has 206 valence electrons. The zero-order valence-electron chi connectivity index (χ0n) is 22.9. The van der Waals surface area contributed by atoms with Crippen molar-refractivity contribution in [3.63, 3.8) is 0 Å². The number of aryl methyl sites for hydroxylation is 2. The summed E-state index contributed by atoms with van der Waals surface area (Å²) >= 11 is 0. The fourth-order valence-electron chi connectivity index (χ4n) is 5.35. The van der Waals surface area contributed by atoms with Gasteiger partial charge in [0.15, 0.2) is 11.6 Å². The molecule has 1 aliphatic carbocycles. The lowest BCUT2D eigenvalue weighted by Crippen LogP contribution is -2.32. The number of benzene rings is 2. The van der Waals surface area contributed by atoms with Crippen molar-refractivity contribution in [3.8, 4) is 5.75 Å². The highest BCUT2D eigenvalue weighted by atomic mass is 19.3. The van der Waals surface area contributed by atoms with Crippen LogP contribution >= 0.6 is 0 Å². The van der Waals surface area contributed by atoms with Crippen molar-refractivity contribution in [1.82, 2.24) is 0 Å². The average molecular weight is 521 g/mol. The van der Waals surface area contributed by atoms with E-state index in [1.807, 2.05) is 12.1 Å². The Hall–Kier alpha value is -2.04. The molecular weight excluding hydrogens is 476 g/mol. The smallest absolute Gasteiger partial charge is 0.283 e. The molecule has 2 unspecified atom stereocenters. The number of ether oxygens (including phenoxy) is 1. The molecule has 0 amide bonds. The Bertz CT molecular complexity index is 970. The molecule has 2 atom stereocenters. The van der Waals surface area contributed by atoms with Crippen molar-refractivity contribution < 1.29 is 22.3 Å². The van der Waals surface area contributed by atoms with Gasteiger partial charge in [0.2, 0.25) is 5.82 Å². The number of unbranched alkanes of at least 4 members (excludes halogenated alkanes) is 6. The molecule has 2 aromatic rings. The Balaban J connectivity index is 1.64. The van der Waals surface area contributed by atoms with Crippen LogP contribution in [0.1, 0.15) is 120 Å². The summed E-state index contributed by atoms with van der Waals surface area (Å²) in [5.41, 5.74) is 0.942. The lowest BCUT2D eigenvalue weighted by Gasteiger charge is -2.34. The number of halogens is 4. The van der Waals surface area contributed by atoms with Crippen LogP contribution < -0.4 is 4.74 Å². The number of fused-ring (bicyclic) bond motifs is 1. The summed E-state index contributed by atoms with van der Waals surface area (Å²) in [4.78, 5) is 0. The highest BCUT2D eigenvalue weighted by Gasteiger charge is 2.49. The van der Waals surface area contributed by atoms with Crippen LogP contribution in [0.15, 0.2) is 30.3 Å². The molecule has 0 aliphatic heterocycles. The first-order valence-electron chi connectivity index (χ1n) is 14.4. The van der Waals surface area contributed by atoms with E-state index in [1.54, 1.807) is 12.1 Å². The Labute approximate surface area is 221 Å². The summed E-state index contributed by atoms with van der Waals surface area (Å²) in [6, 6.07) is 8.57. The van der Waals surface area contributed by atoms with E-state index < -0.39 is 29.0 Å². The van der Waals surface area contributed by atoms with E-state index >= 15 is 13.2 Å². The first kappa shape index (κ1) is 29.5. The molecule has 0 saturated heterocycles. The molecule has 2 aromatic carbocycles. The molecule has 0 radical (unpaired) electrons. The molecule has 37 heavy (non-hydrogen) atoms. The first-order valence-corrected chi connectivity index (χ1v) is 14.4. The third-order valence-electron chi connectivity index (χ3n) is 7.98. The molecule has 3 rings (SSSR count). The minimum atomic E-state index is -3.49. The van der Waals surface area contributed by atoms with Crippen LogP contribution in [0.5, 0.6) is 5.75 Å². The largest absolute Gasteiger partial charge is 0.490 e. The molecule has 1 nitrogen and oxygen atoms in total. The van der Waals surface area contributed by atoms with Crippen molar-refractivity contribution in [1.29, 1.82) is 0 Å². The van der Waals surface area contributed by atoms with Crippen LogP contribution in [-0.2, 0) is 18.8 Å². The Kier molecular flexibility index (Phi) is 11.3. The Morgan fingerprint density at radius 2 is 1.62 bits per heavy atom. The fourth-order valence-corrected chi connectivity index (χ4v) is 5.35. The summed E-state index contributed by atoms with van der Waals surface area (Å²) in [6.45, 7) is 6.86. The third kappa shape index (κ3) is 7.74. The van der Waals surface area contributed by atoms with Crippen LogP contribution in [0.4, 0.5) is 17.6 Å². The predicted molar refractivity (Wildman–Crippen MR) is 144 cm³/mol. The second-order valence-corrected chi connectivity index (χ2v) is 10.9. The van der Waals surface area contributed by atoms with Gasteiger partial charge in [0, 0.05) is 0 Å². The summed E-state index contributed by atoms with van der Waals surface area (Å²) in [5.74, 6) is -6.97. The quantitative estimate of drug-likeness (QED) is 0.168. The van der Waals surface area contributed by atoms with E-state index in [0.29, 0.717) is 5.56 Å². The molecule has 0 spiro atoms. The SMILES string of the molecule is CCCCCCCCOc1cc2c(c(F)c1F)C(F)(F)C(c1ccc(CCCCC(C)CC)cc1)CC2. The molecule has 0 heterocycles. The lowest BCUT2D eigenvalue weighted by atomic mass is 9.76. The number of rotatable bonds is 15. The highest BCUT2D eigenvalue weighted by Crippen LogP contribution is 2.51. The molecule has 0 saturated carbocycles. The topological polar surface area (TPSA) is 9.23 Å². The molecule has 0 bridgehead atoms. The average Bonchev–Trinajstić information content (AvgIpc) is 2.88. The second kappa shape index (κ2) is 14.2. The van der Waals surface area contributed by atoms with Crippen LogP contribution in [-0.4, -0.2) is 6.61 Å².